The van der Waals surface area contributed by atoms with E-state index in [2.05, 4.69) is 19.7 Å². The predicted molar refractivity (Wildman–Crippen MR) is 120 cm³/mol. The van der Waals surface area contributed by atoms with E-state index in [4.69, 9.17) is 16.9 Å². The SMILES string of the molecule is Cc1cc2[nH]c(=O)c(=O)[nH]c2cc1S(=O)(=O)Nc1cnc(-c2ccc(C#N)cc2)c(Cl)c1. The molecule has 0 bridgehead atoms. The molecule has 0 amide bonds. The molecule has 2 aromatic heterocycles. The van der Waals surface area contributed by atoms with Crippen molar-refractivity contribution in [3.63, 3.8) is 0 Å². The van der Waals surface area contributed by atoms with Crippen LogP contribution in [0.5, 0.6) is 0 Å². The molecule has 0 spiro atoms. The zero-order chi connectivity index (χ0) is 23.0. The Balaban J connectivity index is 1.69. The highest BCUT2D eigenvalue weighted by atomic mass is 35.5. The van der Waals surface area contributed by atoms with Gasteiger partial charge in [-0.3, -0.25) is 19.3 Å². The normalized spacial score (nSPS) is 11.3. The van der Waals surface area contributed by atoms with E-state index < -0.39 is 21.1 Å². The van der Waals surface area contributed by atoms with Gasteiger partial charge >= 0.3 is 11.1 Å². The van der Waals surface area contributed by atoms with Gasteiger partial charge in [-0.2, -0.15) is 5.26 Å². The number of pyridine rings is 1. The molecule has 0 radical (unpaired) electrons. The summed E-state index contributed by atoms with van der Waals surface area (Å²) in [4.78, 5) is 32.0. The maximum atomic E-state index is 13.0. The van der Waals surface area contributed by atoms with Crippen LogP contribution in [0.3, 0.4) is 0 Å². The summed E-state index contributed by atoms with van der Waals surface area (Å²) in [6.07, 6.45) is 1.33. The Bertz CT molecular complexity index is 1630. The van der Waals surface area contributed by atoms with Gasteiger partial charge in [0.05, 0.1) is 50.2 Å². The number of nitrogens with zero attached hydrogens (tertiary/aromatic N) is 2. The van der Waals surface area contributed by atoms with Crippen LogP contribution in [0.15, 0.2) is 63.1 Å². The highest BCUT2D eigenvalue weighted by molar-refractivity contribution is 7.92. The molecule has 9 nitrogen and oxygen atoms in total. The second-order valence-corrected chi connectivity index (χ2v) is 8.98. The van der Waals surface area contributed by atoms with Crippen molar-refractivity contribution in [1.82, 2.24) is 15.0 Å². The van der Waals surface area contributed by atoms with Gasteiger partial charge in [-0.05, 0) is 42.8 Å². The van der Waals surface area contributed by atoms with Crippen LogP contribution in [-0.4, -0.2) is 23.4 Å². The minimum atomic E-state index is -4.06. The maximum Gasteiger partial charge on any atom is 0.314 e. The second kappa shape index (κ2) is 7.96. The van der Waals surface area contributed by atoms with Crippen LogP contribution in [0.2, 0.25) is 5.02 Å². The van der Waals surface area contributed by atoms with Gasteiger partial charge in [0.1, 0.15) is 0 Å². The number of anilines is 1. The molecule has 0 saturated carbocycles. The first-order valence-corrected chi connectivity index (χ1v) is 11.0. The summed E-state index contributed by atoms with van der Waals surface area (Å²) in [5.74, 6) is 0. The molecule has 0 atom stereocenters. The third-order valence-electron chi connectivity index (χ3n) is 4.69. The van der Waals surface area contributed by atoms with Gasteiger partial charge in [0.25, 0.3) is 10.0 Å². The van der Waals surface area contributed by atoms with E-state index in [1.54, 1.807) is 31.2 Å². The Morgan fingerprint density at radius 1 is 1.03 bits per heavy atom. The predicted octanol–water partition coefficient (Wildman–Crippen LogP) is 2.91. The first-order chi connectivity index (χ1) is 15.2. The average Bonchev–Trinajstić information content (AvgIpc) is 2.74. The summed E-state index contributed by atoms with van der Waals surface area (Å²) in [6, 6.07) is 12.8. The quantitative estimate of drug-likeness (QED) is 0.393. The molecule has 11 heteroatoms. The van der Waals surface area contributed by atoms with Gasteiger partial charge in [-0.1, -0.05) is 23.7 Å². The van der Waals surface area contributed by atoms with Crippen molar-refractivity contribution in [3.8, 4) is 17.3 Å². The van der Waals surface area contributed by atoms with Crippen molar-refractivity contribution in [2.24, 2.45) is 0 Å². The van der Waals surface area contributed by atoms with Crippen molar-refractivity contribution in [3.05, 3.63) is 85.5 Å². The number of sulfonamides is 1. The van der Waals surface area contributed by atoms with E-state index in [0.29, 0.717) is 27.9 Å². The summed E-state index contributed by atoms with van der Waals surface area (Å²) < 4.78 is 28.4. The molecular weight excluding hydrogens is 454 g/mol. The number of H-pyrrole nitrogens is 2. The minimum absolute atomic E-state index is 0.0833. The molecule has 0 aliphatic rings. The first kappa shape index (κ1) is 21.3. The summed E-state index contributed by atoms with van der Waals surface area (Å²) in [5, 5.41) is 9.12. The fourth-order valence-corrected chi connectivity index (χ4v) is 4.72. The van der Waals surface area contributed by atoms with Gasteiger partial charge < -0.3 is 9.97 Å². The zero-order valence-corrected chi connectivity index (χ0v) is 18.0. The van der Waals surface area contributed by atoms with Crippen LogP contribution < -0.4 is 15.8 Å². The molecule has 32 heavy (non-hydrogen) atoms. The minimum Gasteiger partial charge on any atom is -0.316 e. The molecule has 2 aromatic carbocycles. The van der Waals surface area contributed by atoms with E-state index in [1.165, 1.54) is 24.4 Å². The molecule has 160 valence electrons. The second-order valence-electron chi connectivity index (χ2n) is 6.92. The molecule has 4 aromatic rings. The van der Waals surface area contributed by atoms with Crippen LogP contribution in [0.1, 0.15) is 11.1 Å². The van der Waals surface area contributed by atoms with Crippen molar-refractivity contribution in [1.29, 1.82) is 5.26 Å². The Hall–Kier alpha value is -3.94. The number of aromatic amines is 2. The number of fused-ring (bicyclic) bond motifs is 1. The summed E-state index contributed by atoms with van der Waals surface area (Å²) in [6.45, 7) is 1.57. The van der Waals surface area contributed by atoms with Crippen LogP contribution in [0.25, 0.3) is 22.3 Å². The lowest BCUT2D eigenvalue weighted by Crippen LogP contribution is -2.29. The van der Waals surface area contributed by atoms with Crippen molar-refractivity contribution >= 4 is 38.3 Å². The number of aromatic nitrogens is 3. The van der Waals surface area contributed by atoms with Crippen molar-refractivity contribution < 1.29 is 8.42 Å². The van der Waals surface area contributed by atoms with Crippen molar-refractivity contribution in [2.75, 3.05) is 4.72 Å². The number of rotatable bonds is 4. The highest BCUT2D eigenvalue weighted by Crippen LogP contribution is 2.29. The smallest absolute Gasteiger partial charge is 0.314 e. The monoisotopic (exact) mass is 467 g/mol. The number of hydrogen-bond acceptors (Lipinski definition) is 6. The molecule has 0 unspecified atom stereocenters. The Morgan fingerprint density at radius 2 is 1.66 bits per heavy atom. The number of hydrogen-bond donors (Lipinski definition) is 3. The molecule has 3 N–H and O–H groups in total. The van der Waals surface area contributed by atoms with Gasteiger partial charge in [0.15, 0.2) is 0 Å². The lowest BCUT2D eigenvalue weighted by molar-refractivity contribution is 0.600. The topological polar surface area (TPSA) is 149 Å². The van der Waals surface area contributed by atoms with Crippen molar-refractivity contribution in [2.45, 2.75) is 11.8 Å². The van der Waals surface area contributed by atoms with Gasteiger partial charge in [-0.25, -0.2) is 8.42 Å². The van der Waals surface area contributed by atoms with E-state index >= 15 is 0 Å². The first-order valence-electron chi connectivity index (χ1n) is 9.14. The number of nitriles is 1. The summed E-state index contributed by atoms with van der Waals surface area (Å²) in [7, 11) is -4.06. The lowest BCUT2D eigenvalue weighted by Gasteiger charge is -2.12. The Morgan fingerprint density at radius 3 is 2.25 bits per heavy atom. The van der Waals surface area contributed by atoms with E-state index in [9.17, 15) is 18.0 Å². The molecule has 0 fully saturated rings. The van der Waals surface area contributed by atoms with E-state index in [0.717, 1.165) is 0 Å². The third-order valence-corrected chi connectivity index (χ3v) is 6.50. The molecule has 0 aliphatic carbocycles. The number of halogens is 1. The van der Waals surface area contributed by atoms with Crippen LogP contribution >= 0.6 is 11.6 Å². The Labute approximate surface area is 186 Å². The van der Waals surface area contributed by atoms with Crippen LogP contribution in [-0.2, 0) is 10.0 Å². The summed E-state index contributed by atoms with van der Waals surface area (Å²) in [5.41, 5.74) is 0.874. The number of benzene rings is 2. The van der Waals surface area contributed by atoms with Gasteiger partial charge in [-0.15, -0.1) is 0 Å². The van der Waals surface area contributed by atoms with E-state index in [1.807, 2.05) is 6.07 Å². The number of aryl methyl sites for hydroxylation is 1. The molecule has 4 rings (SSSR count). The van der Waals surface area contributed by atoms with Gasteiger partial charge in [0, 0.05) is 5.56 Å². The third kappa shape index (κ3) is 3.99. The fraction of sp³-hybridized carbons (Fsp3) is 0.0476. The Kier molecular flexibility index (Phi) is 5.30. The van der Waals surface area contributed by atoms with E-state index in [-0.39, 0.29) is 21.1 Å². The lowest BCUT2D eigenvalue weighted by atomic mass is 10.1. The molecule has 2 heterocycles. The standard InChI is InChI=1S/C21H14ClN5O4S/c1-11-6-16-17(26-21(29)20(28)25-16)8-18(11)32(30,31)27-14-7-15(22)19(24-10-14)13-4-2-12(9-23)3-5-13/h2-8,10,27H,1H3,(H,25,28)(H,26,29). The average molecular weight is 468 g/mol. The highest BCUT2D eigenvalue weighted by Gasteiger charge is 2.19. The summed E-state index contributed by atoms with van der Waals surface area (Å²) >= 11 is 6.32. The molecule has 0 saturated heterocycles. The fourth-order valence-electron chi connectivity index (χ4n) is 3.16. The van der Waals surface area contributed by atoms with Gasteiger partial charge in [0.2, 0.25) is 0 Å². The molecule has 0 aliphatic heterocycles. The number of nitrogens with one attached hydrogen (secondary N) is 3. The van der Waals surface area contributed by atoms with Crippen LogP contribution in [0, 0.1) is 18.3 Å². The zero-order valence-electron chi connectivity index (χ0n) is 16.4. The maximum absolute atomic E-state index is 13.0. The largest absolute Gasteiger partial charge is 0.316 e. The molecular formula is C21H14ClN5O4S. The van der Waals surface area contributed by atoms with Crippen LogP contribution in [0.4, 0.5) is 5.69 Å².